The van der Waals surface area contributed by atoms with Gasteiger partial charge in [-0.2, -0.15) is 18.3 Å². The number of aromatic amines is 1. The minimum atomic E-state index is -4.40. The lowest BCUT2D eigenvalue weighted by molar-refractivity contribution is -0.137. The number of hydrogen-bond donors (Lipinski definition) is 2. The second-order valence-electron chi connectivity index (χ2n) is 9.88. The van der Waals surface area contributed by atoms with Crippen LogP contribution < -0.4 is 5.32 Å². The molecular weight excluding hydrogens is 546 g/mol. The van der Waals surface area contributed by atoms with Gasteiger partial charge in [-0.3, -0.25) is 14.7 Å². The van der Waals surface area contributed by atoms with Gasteiger partial charge in [0.25, 0.3) is 0 Å². The molecule has 1 unspecified atom stereocenters. The van der Waals surface area contributed by atoms with E-state index in [1.54, 1.807) is 6.92 Å². The summed E-state index contributed by atoms with van der Waals surface area (Å²) in [5, 5.41) is 10.2. The molecule has 5 nitrogen and oxygen atoms in total. The number of nitrogens with zero attached hydrogens (tertiary/aromatic N) is 1. The number of aromatic nitrogens is 2. The van der Waals surface area contributed by atoms with Crippen LogP contribution in [0.3, 0.4) is 0 Å². The molecule has 0 aliphatic carbocycles. The zero-order valence-corrected chi connectivity index (χ0v) is 24.5. The Kier molecular flexibility index (Phi) is 13.1. The number of aryl methyl sites for hydroxylation is 4. The predicted molar refractivity (Wildman–Crippen MR) is 158 cm³/mol. The number of carbonyl (C=O) groups is 2. The summed E-state index contributed by atoms with van der Waals surface area (Å²) in [5.74, 6) is 0.0960. The van der Waals surface area contributed by atoms with Crippen LogP contribution in [0.5, 0.6) is 0 Å². The van der Waals surface area contributed by atoms with Crippen molar-refractivity contribution < 1.29 is 27.2 Å². The first-order valence-electron chi connectivity index (χ1n) is 13.6. The standard InChI is InChI=1S/C14H19N3.C12H13F3O.C7H5FO/c1-10-4-5-11(2)12(8-10)6-7-13-9-14(15-3)17-16-13;1-3-8(2)11(16)9-5-4-6-10(7-9)12(13,14)15;8-7-3-1-6(5-9)2-4-7/h4-5,8-9H,6-7H2,1-3H3,(H2,15,16,17);4-8H,3H2,1-2H3;1-5H. The van der Waals surface area contributed by atoms with Gasteiger partial charge in [-0.05, 0) is 80.6 Å². The van der Waals surface area contributed by atoms with E-state index in [-0.39, 0.29) is 23.1 Å². The van der Waals surface area contributed by atoms with Gasteiger partial charge in [0, 0.05) is 35.9 Å². The summed E-state index contributed by atoms with van der Waals surface area (Å²) in [6.07, 6.45) is -1.04. The molecular formula is C33H37F4N3O2. The topological polar surface area (TPSA) is 74.8 Å². The largest absolute Gasteiger partial charge is 0.416 e. The molecule has 0 radical (unpaired) electrons. The molecule has 0 aliphatic rings. The van der Waals surface area contributed by atoms with E-state index in [0.717, 1.165) is 30.8 Å². The van der Waals surface area contributed by atoms with Crippen LogP contribution in [0.25, 0.3) is 0 Å². The van der Waals surface area contributed by atoms with Crippen LogP contribution in [0.15, 0.2) is 72.8 Å². The SMILES string of the molecule is CCC(C)C(=O)c1cccc(C(F)(F)F)c1.CNc1cc(CCc2cc(C)ccc2C)[nH]n1.O=Cc1ccc(F)cc1. The highest BCUT2D eigenvalue weighted by Gasteiger charge is 2.31. The molecule has 0 spiro atoms. The van der Waals surface area contributed by atoms with Crippen molar-refractivity contribution in [1.29, 1.82) is 0 Å². The van der Waals surface area contributed by atoms with Gasteiger partial charge in [0.2, 0.25) is 0 Å². The van der Waals surface area contributed by atoms with E-state index < -0.39 is 11.7 Å². The Morgan fingerprint density at radius 3 is 2.26 bits per heavy atom. The van der Waals surface area contributed by atoms with Crippen LogP contribution in [0.2, 0.25) is 0 Å². The van der Waals surface area contributed by atoms with Crippen molar-refractivity contribution in [1.82, 2.24) is 10.2 Å². The molecule has 4 aromatic rings. The molecule has 0 fully saturated rings. The lowest BCUT2D eigenvalue weighted by Gasteiger charge is -2.10. The molecule has 1 atom stereocenters. The van der Waals surface area contributed by atoms with Gasteiger partial charge >= 0.3 is 6.18 Å². The number of aldehydes is 1. The normalized spacial score (nSPS) is 11.4. The molecule has 4 rings (SSSR count). The zero-order chi connectivity index (χ0) is 31.3. The molecule has 2 N–H and O–H groups in total. The third kappa shape index (κ3) is 11.0. The number of hydrogen-bond acceptors (Lipinski definition) is 4. The van der Waals surface area contributed by atoms with Crippen molar-refractivity contribution in [2.75, 3.05) is 12.4 Å². The second kappa shape index (κ2) is 16.2. The van der Waals surface area contributed by atoms with Gasteiger partial charge < -0.3 is 5.32 Å². The summed E-state index contributed by atoms with van der Waals surface area (Å²) in [6.45, 7) is 7.85. The first-order chi connectivity index (χ1) is 19.9. The Balaban J connectivity index is 0.000000230. The summed E-state index contributed by atoms with van der Waals surface area (Å²) in [6, 6.07) is 18.6. The average Bonchev–Trinajstić information content (AvgIpc) is 3.46. The highest BCUT2D eigenvalue weighted by molar-refractivity contribution is 5.97. The number of anilines is 1. The number of alkyl halides is 3. The minimum absolute atomic E-state index is 0.129. The summed E-state index contributed by atoms with van der Waals surface area (Å²) in [5.41, 5.74) is 5.14. The quantitative estimate of drug-likeness (QED) is 0.124. The smallest absolute Gasteiger partial charge is 0.372 e. The number of benzene rings is 3. The van der Waals surface area contributed by atoms with Crippen LogP contribution in [-0.2, 0) is 19.0 Å². The number of carbonyl (C=O) groups excluding carboxylic acids is 2. The third-order valence-corrected chi connectivity index (χ3v) is 6.60. The summed E-state index contributed by atoms with van der Waals surface area (Å²) >= 11 is 0. The molecule has 9 heteroatoms. The molecule has 1 aromatic heterocycles. The molecule has 1 heterocycles. The number of rotatable bonds is 8. The second-order valence-corrected chi connectivity index (χ2v) is 9.88. The number of halogens is 4. The van der Waals surface area contributed by atoms with Crippen LogP contribution in [0, 0.1) is 25.6 Å². The molecule has 0 aliphatic heterocycles. The van der Waals surface area contributed by atoms with E-state index in [1.807, 2.05) is 14.0 Å². The molecule has 42 heavy (non-hydrogen) atoms. The summed E-state index contributed by atoms with van der Waals surface area (Å²) in [7, 11) is 1.88. The monoisotopic (exact) mass is 583 g/mol. The van der Waals surface area contributed by atoms with Gasteiger partial charge in [-0.15, -0.1) is 0 Å². The first-order valence-corrected chi connectivity index (χ1v) is 13.6. The maximum absolute atomic E-state index is 12.4. The van der Waals surface area contributed by atoms with E-state index in [0.29, 0.717) is 18.3 Å². The predicted octanol–water partition coefficient (Wildman–Crippen LogP) is 8.43. The molecule has 0 saturated heterocycles. The Labute approximate surface area is 244 Å². The zero-order valence-electron chi connectivity index (χ0n) is 24.5. The Hall–Kier alpha value is -4.27. The Bertz CT molecular complexity index is 1430. The fourth-order valence-corrected chi connectivity index (χ4v) is 3.82. The first kappa shape index (κ1) is 33.9. The maximum Gasteiger partial charge on any atom is 0.416 e. The molecule has 0 amide bonds. The van der Waals surface area contributed by atoms with Crippen molar-refractivity contribution in [3.63, 3.8) is 0 Å². The van der Waals surface area contributed by atoms with Crippen molar-refractivity contribution in [3.05, 3.63) is 118 Å². The molecule has 224 valence electrons. The molecule has 0 bridgehead atoms. The van der Waals surface area contributed by atoms with Crippen molar-refractivity contribution in [3.8, 4) is 0 Å². The van der Waals surface area contributed by atoms with E-state index in [1.165, 1.54) is 58.8 Å². The van der Waals surface area contributed by atoms with Gasteiger partial charge in [-0.1, -0.05) is 49.7 Å². The van der Waals surface area contributed by atoms with Crippen molar-refractivity contribution in [2.24, 2.45) is 5.92 Å². The summed E-state index contributed by atoms with van der Waals surface area (Å²) < 4.78 is 49.3. The van der Waals surface area contributed by atoms with E-state index >= 15 is 0 Å². The maximum atomic E-state index is 12.4. The molecule has 3 aromatic carbocycles. The van der Waals surface area contributed by atoms with E-state index in [4.69, 9.17) is 0 Å². The van der Waals surface area contributed by atoms with Crippen LogP contribution in [0.1, 0.15) is 68.9 Å². The fraction of sp³-hybridized carbons (Fsp3) is 0.303. The van der Waals surface area contributed by atoms with Crippen molar-refractivity contribution in [2.45, 2.75) is 53.1 Å². The third-order valence-electron chi connectivity index (χ3n) is 6.60. The number of ketones is 1. The van der Waals surface area contributed by atoms with Crippen LogP contribution in [-0.4, -0.2) is 29.3 Å². The molecule has 0 saturated carbocycles. The van der Waals surface area contributed by atoms with Crippen LogP contribution >= 0.6 is 0 Å². The van der Waals surface area contributed by atoms with Crippen LogP contribution in [0.4, 0.5) is 23.4 Å². The highest BCUT2D eigenvalue weighted by atomic mass is 19.4. The van der Waals surface area contributed by atoms with Gasteiger partial charge in [0.15, 0.2) is 5.78 Å². The lowest BCUT2D eigenvalue weighted by atomic mass is 9.96. The highest BCUT2D eigenvalue weighted by Crippen LogP contribution is 2.30. The van der Waals surface area contributed by atoms with Crippen molar-refractivity contribution >= 4 is 17.9 Å². The number of Topliss-reactive ketones (excluding diaryl/α,β-unsaturated/α-hetero) is 1. The Morgan fingerprint density at radius 2 is 1.69 bits per heavy atom. The Morgan fingerprint density at radius 1 is 1.00 bits per heavy atom. The number of H-pyrrole nitrogens is 1. The van der Waals surface area contributed by atoms with E-state index in [9.17, 15) is 27.2 Å². The summed E-state index contributed by atoms with van der Waals surface area (Å²) in [4.78, 5) is 21.7. The van der Waals surface area contributed by atoms with Gasteiger partial charge in [0.1, 0.15) is 17.9 Å². The van der Waals surface area contributed by atoms with Gasteiger partial charge in [-0.25, -0.2) is 4.39 Å². The average molecular weight is 584 g/mol. The van der Waals surface area contributed by atoms with Gasteiger partial charge in [0.05, 0.1) is 5.56 Å². The lowest BCUT2D eigenvalue weighted by Crippen LogP contribution is -2.12. The minimum Gasteiger partial charge on any atom is -0.372 e. The number of nitrogens with one attached hydrogen (secondary N) is 2. The fourth-order valence-electron chi connectivity index (χ4n) is 3.82. The van der Waals surface area contributed by atoms with E-state index in [2.05, 4.69) is 53.6 Å².